The van der Waals surface area contributed by atoms with Gasteiger partial charge in [-0.15, -0.1) is 0 Å². The van der Waals surface area contributed by atoms with Crippen molar-refractivity contribution in [1.82, 2.24) is 10.2 Å². The number of rotatable bonds is 8. The molecule has 0 aromatic heterocycles. The number of hydrogen-bond acceptors (Lipinski definition) is 4. The molecule has 1 saturated heterocycles. The van der Waals surface area contributed by atoms with Crippen LogP contribution < -0.4 is 9.62 Å². The minimum atomic E-state index is -3.79. The molecule has 6 nitrogen and oxygen atoms in total. The first-order chi connectivity index (χ1) is 14.7. The van der Waals surface area contributed by atoms with Gasteiger partial charge in [0.1, 0.15) is 6.04 Å². The highest BCUT2D eigenvalue weighted by molar-refractivity contribution is 7.92. The lowest BCUT2D eigenvalue weighted by Crippen LogP contribution is -2.47. The van der Waals surface area contributed by atoms with E-state index in [1.54, 1.807) is 6.07 Å². The van der Waals surface area contributed by atoms with Gasteiger partial charge >= 0.3 is 0 Å². The van der Waals surface area contributed by atoms with Crippen LogP contribution in [0.25, 0.3) is 0 Å². The summed E-state index contributed by atoms with van der Waals surface area (Å²) in [5.74, 6) is -0.419. The number of anilines is 1. The SMILES string of the molecule is C[C@H](C(=O)NCc1ccccc1CN1CCCC1)N(c1cc(Cl)ccc1Cl)S(C)(=O)=O. The van der Waals surface area contributed by atoms with Gasteiger partial charge in [0.2, 0.25) is 15.9 Å². The number of benzene rings is 2. The third-order valence-corrected chi connectivity index (χ3v) is 7.18. The summed E-state index contributed by atoms with van der Waals surface area (Å²) in [6.45, 7) is 4.86. The lowest BCUT2D eigenvalue weighted by atomic mass is 10.1. The molecule has 0 bridgehead atoms. The molecule has 1 fully saturated rings. The molecule has 31 heavy (non-hydrogen) atoms. The summed E-state index contributed by atoms with van der Waals surface area (Å²) in [5.41, 5.74) is 2.35. The second-order valence-electron chi connectivity index (χ2n) is 7.80. The highest BCUT2D eigenvalue weighted by atomic mass is 35.5. The van der Waals surface area contributed by atoms with Gasteiger partial charge in [-0.3, -0.25) is 14.0 Å². The Morgan fingerprint density at radius 2 is 1.77 bits per heavy atom. The van der Waals surface area contributed by atoms with Crippen LogP contribution in [-0.4, -0.2) is 44.6 Å². The number of carbonyl (C=O) groups excluding carboxylic acids is 1. The summed E-state index contributed by atoms with van der Waals surface area (Å²) in [7, 11) is -3.79. The van der Waals surface area contributed by atoms with E-state index >= 15 is 0 Å². The van der Waals surface area contributed by atoms with Crippen LogP contribution in [0.3, 0.4) is 0 Å². The lowest BCUT2D eigenvalue weighted by Gasteiger charge is -2.29. The summed E-state index contributed by atoms with van der Waals surface area (Å²) in [6.07, 6.45) is 3.47. The minimum Gasteiger partial charge on any atom is -0.350 e. The van der Waals surface area contributed by atoms with E-state index < -0.39 is 22.0 Å². The summed E-state index contributed by atoms with van der Waals surface area (Å²) in [6, 6.07) is 11.5. The van der Waals surface area contributed by atoms with E-state index in [9.17, 15) is 13.2 Å². The van der Waals surface area contributed by atoms with Crippen molar-refractivity contribution in [2.45, 2.75) is 38.9 Å². The summed E-state index contributed by atoms with van der Waals surface area (Å²) >= 11 is 12.3. The van der Waals surface area contributed by atoms with E-state index in [1.165, 1.54) is 31.9 Å². The molecule has 1 N–H and O–H groups in total. The van der Waals surface area contributed by atoms with Crippen molar-refractivity contribution in [3.8, 4) is 0 Å². The molecular formula is C22H27Cl2N3O3S. The highest BCUT2D eigenvalue weighted by Gasteiger charge is 2.30. The van der Waals surface area contributed by atoms with Gasteiger partial charge in [0.15, 0.2) is 0 Å². The predicted octanol–water partition coefficient (Wildman–Crippen LogP) is 4.06. The molecule has 0 unspecified atom stereocenters. The number of nitrogens with one attached hydrogen (secondary N) is 1. The molecule has 0 spiro atoms. The molecule has 1 heterocycles. The smallest absolute Gasteiger partial charge is 0.243 e. The lowest BCUT2D eigenvalue weighted by molar-refractivity contribution is -0.122. The van der Waals surface area contributed by atoms with Crippen LogP contribution in [0.15, 0.2) is 42.5 Å². The van der Waals surface area contributed by atoms with Crippen molar-refractivity contribution in [3.63, 3.8) is 0 Å². The van der Waals surface area contributed by atoms with Crippen LogP contribution in [0.4, 0.5) is 5.69 Å². The second kappa shape index (κ2) is 10.2. The van der Waals surface area contributed by atoms with Gasteiger partial charge in [-0.05, 0) is 62.2 Å². The number of likely N-dealkylation sites (tertiary alicyclic amines) is 1. The second-order valence-corrected chi connectivity index (χ2v) is 10.5. The predicted molar refractivity (Wildman–Crippen MR) is 126 cm³/mol. The van der Waals surface area contributed by atoms with E-state index in [1.807, 2.05) is 18.2 Å². The van der Waals surface area contributed by atoms with Crippen molar-refractivity contribution >= 4 is 44.8 Å². The molecule has 0 aliphatic carbocycles. The van der Waals surface area contributed by atoms with Crippen molar-refractivity contribution in [2.24, 2.45) is 0 Å². The molecule has 1 atom stereocenters. The van der Waals surface area contributed by atoms with E-state index in [0.29, 0.717) is 11.6 Å². The highest BCUT2D eigenvalue weighted by Crippen LogP contribution is 2.32. The monoisotopic (exact) mass is 483 g/mol. The van der Waals surface area contributed by atoms with Gasteiger partial charge in [0, 0.05) is 18.1 Å². The zero-order valence-corrected chi connectivity index (χ0v) is 20.0. The molecule has 1 aliphatic heterocycles. The van der Waals surface area contributed by atoms with Crippen LogP contribution >= 0.6 is 23.2 Å². The Kier molecular flexibility index (Phi) is 7.86. The summed E-state index contributed by atoms with van der Waals surface area (Å²) in [4.78, 5) is 15.3. The Hall–Kier alpha value is -1.80. The van der Waals surface area contributed by atoms with Crippen molar-refractivity contribution in [3.05, 3.63) is 63.6 Å². The topological polar surface area (TPSA) is 69.7 Å². The number of sulfonamides is 1. The maximum atomic E-state index is 12.9. The Bertz CT molecular complexity index is 1040. The molecule has 1 aliphatic rings. The molecule has 0 saturated carbocycles. The zero-order valence-electron chi connectivity index (χ0n) is 17.6. The number of hydrogen-bond donors (Lipinski definition) is 1. The van der Waals surface area contributed by atoms with Crippen LogP contribution in [-0.2, 0) is 27.9 Å². The molecule has 3 rings (SSSR count). The van der Waals surface area contributed by atoms with Gasteiger partial charge in [-0.2, -0.15) is 0 Å². The average molecular weight is 484 g/mol. The first-order valence-corrected chi connectivity index (χ1v) is 12.8. The van der Waals surface area contributed by atoms with Gasteiger partial charge in [-0.25, -0.2) is 8.42 Å². The Morgan fingerprint density at radius 1 is 1.13 bits per heavy atom. The molecule has 168 valence electrons. The first-order valence-electron chi connectivity index (χ1n) is 10.2. The average Bonchev–Trinajstić information content (AvgIpc) is 3.22. The first kappa shape index (κ1) is 23.9. The Morgan fingerprint density at radius 3 is 2.42 bits per heavy atom. The van der Waals surface area contributed by atoms with E-state index in [-0.39, 0.29) is 10.7 Å². The van der Waals surface area contributed by atoms with Crippen molar-refractivity contribution in [2.75, 3.05) is 23.7 Å². The number of amides is 1. The Balaban J connectivity index is 1.75. The van der Waals surface area contributed by atoms with Crippen molar-refractivity contribution in [1.29, 1.82) is 0 Å². The Labute approximate surface area is 194 Å². The van der Waals surface area contributed by atoms with Gasteiger partial charge in [0.05, 0.1) is 17.0 Å². The quantitative estimate of drug-likeness (QED) is 0.614. The normalized spacial score (nSPS) is 15.6. The maximum Gasteiger partial charge on any atom is 0.243 e. The maximum absolute atomic E-state index is 12.9. The van der Waals surface area contributed by atoms with Crippen molar-refractivity contribution < 1.29 is 13.2 Å². The summed E-state index contributed by atoms with van der Waals surface area (Å²) < 4.78 is 26.0. The molecule has 0 radical (unpaired) electrons. The summed E-state index contributed by atoms with van der Waals surface area (Å²) in [5, 5.41) is 3.41. The van der Waals surface area contributed by atoms with Crippen LogP contribution in [0, 0.1) is 0 Å². The van der Waals surface area contributed by atoms with Crippen LogP contribution in [0.1, 0.15) is 30.9 Å². The fraction of sp³-hybridized carbons (Fsp3) is 0.409. The van der Waals surface area contributed by atoms with Crippen LogP contribution in [0.5, 0.6) is 0 Å². The van der Waals surface area contributed by atoms with E-state index in [0.717, 1.165) is 41.3 Å². The van der Waals surface area contributed by atoms with Gasteiger partial charge in [0.25, 0.3) is 0 Å². The molecule has 1 amide bonds. The minimum absolute atomic E-state index is 0.175. The third kappa shape index (κ3) is 6.13. The van der Waals surface area contributed by atoms with E-state index in [4.69, 9.17) is 23.2 Å². The van der Waals surface area contributed by atoms with E-state index in [2.05, 4.69) is 16.3 Å². The van der Waals surface area contributed by atoms with Gasteiger partial charge in [-0.1, -0.05) is 47.5 Å². The number of halogens is 2. The fourth-order valence-electron chi connectivity index (χ4n) is 3.83. The van der Waals surface area contributed by atoms with Gasteiger partial charge < -0.3 is 5.32 Å². The fourth-order valence-corrected chi connectivity index (χ4v) is 5.44. The largest absolute Gasteiger partial charge is 0.350 e. The molecule has 9 heteroatoms. The molecular weight excluding hydrogens is 457 g/mol. The third-order valence-electron chi connectivity index (χ3n) is 5.40. The zero-order chi connectivity index (χ0) is 22.6. The van der Waals surface area contributed by atoms with Crippen LogP contribution in [0.2, 0.25) is 10.0 Å². The molecule has 2 aromatic rings. The number of nitrogens with zero attached hydrogens (tertiary/aromatic N) is 2. The molecule has 2 aromatic carbocycles. The number of carbonyl (C=O) groups is 1. The standard InChI is InChI=1S/C22H27Cl2N3O3S/c1-16(27(31(2,29)30)21-13-19(23)9-10-20(21)24)22(28)25-14-17-7-3-4-8-18(17)15-26-11-5-6-12-26/h3-4,7-10,13,16H,5-6,11-12,14-15H2,1-2H3,(H,25,28)/t16-/m1/s1.